The largest absolute Gasteiger partial charge is 0.489 e. The Kier molecular flexibility index (Phi) is 3.97. The highest BCUT2D eigenvalue weighted by molar-refractivity contribution is 6.67. The maximum atomic E-state index is 9.54. The third kappa shape index (κ3) is 2.89. The van der Waals surface area contributed by atoms with Gasteiger partial charge in [0.25, 0.3) is 0 Å². The van der Waals surface area contributed by atoms with Crippen LogP contribution < -0.4 is 0 Å². The van der Waals surface area contributed by atoms with Crippen molar-refractivity contribution in [3.8, 4) is 0 Å². The molecule has 0 aliphatic rings. The van der Waals surface area contributed by atoms with Crippen LogP contribution in [0, 0.1) is 6.92 Å². The summed E-state index contributed by atoms with van der Waals surface area (Å²) in [7, 11) is -1.48. The molecule has 2 nitrogen and oxygen atoms in total. The molecular formula is C15H15BO2. The predicted octanol–water partition coefficient (Wildman–Crippen LogP) is 2.55. The topological polar surface area (TPSA) is 40.5 Å². The smallest absolute Gasteiger partial charge is 0.423 e. The predicted molar refractivity (Wildman–Crippen MR) is 75.7 cm³/mol. The summed E-state index contributed by atoms with van der Waals surface area (Å²) >= 11 is 0. The van der Waals surface area contributed by atoms with Crippen molar-refractivity contribution in [1.82, 2.24) is 0 Å². The summed E-state index contributed by atoms with van der Waals surface area (Å²) in [5.41, 5.74) is 3.34. The monoisotopic (exact) mass is 238 g/mol. The van der Waals surface area contributed by atoms with Crippen LogP contribution in [-0.2, 0) is 0 Å². The Labute approximate surface area is 107 Å². The first-order chi connectivity index (χ1) is 8.68. The highest BCUT2D eigenvalue weighted by Gasteiger charge is 2.18. The van der Waals surface area contributed by atoms with Crippen LogP contribution in [-0.4, -0.2) is 17.2 Å². The van der Waals surface area contributed by atoms with Gasteiger partial charge < -0.3 is 10.0 Å². The molecule has 0 saturated heterocycles. The normalized spacial score (nSPS) is 11.4. The number of rotatable bonds is 3. The van der Waals surface area contributed by atoms with Crippen LogP contribution in [0.3, 0.4) is 0 Å². The van der Waals surface area contributed by atoms with Gasteiger partial charge in [0.2, 0.25) is 0 Å². The fourth-order valence-corrected chi connectivity index (χ4v) is 1.92. The van der Waals surface area contributed by atoms with Crippen LogP contribution in [0.1, 0.15) is 16.7 Å². The maximum absolute atomic E-state index is 9.54. The summed E-state index contributed by atoms with van der Waals surface area (Å²) in [4.78, 5) is 0. The van der Waals surface area contributed by atoms with E-state index in [1.54, 1.807) is 6.08 Å². The van der Waals surface area contributed by atoms with Gasteiger partial charge in [-0.1, -0.05) is 60.7 Å². The minimum atomic E-state index is -1.48. The molecule has 0 atom stereocenters. The summed E-state index contributed by atoms with van der Waals surface area (Å²) in [5.74, 6) is 0. The average molecular weight is 238 g/mol. The molecule has 0 saturated carbocycles. The first kappa shape index (κ1) is 12.6. The van der Waals surface area contributed by atoms with Crippen molar-refractivity contribution in [1.29, 1.82) is 0 Å². The minimum absolute atomic E-state index is 0.513. The molecule has 2 aromatic carbocycles. The van der Waals surface area contributed by atoms with E-state index in [4.69, 9.17) is 0 Å². The van der Waals surface area contributed by atoms with E-state index in [1.165, 1.54) is 0 Å². The van der Waals surface area contributed by atoms with Crippen LogP contribution in [0.25, 0.3) is 11.5 Å². The van der Waals surface area contributed by atoms with Crippen molar-refractivity contribution in [3.63, 3.8) is 0 Å². The molecule has 0 unspecified atom stereocenters. The highest BCUT2D eigenvalue weighted by Crippen LogP contribution is 2.22. The second-order valence-electron chi connectivity index (χ2n) is 4.20. The molecule has 0 radical (unpaired) electrons. The van der Waals surface area contributed by atoms with E-state index >= 15 is 0 Å². The second kappa shape index (κ2) is 5.67. The average Bonchev–Trinajstić information content (AvgIpc) is 2.38. The Hall–Kier alpha value is -1.84. The van der Waals surface area contributed by atoms with Crippen LogP contribution in [0.2, 0.25) is 0 Å². The fourth-order valence-electron chi connectivity index (χ4n) is 1.92. The molecule has 2 aromatic rings. The van der Waals surface area contributed by atoms with Gasteiger partial charge >= 0.3 is 7.12 Å². The first-order valence-corrected chi connectivity index (χ1v) is 5.87. The van der Waals surface area contributed by atoms with Gasteiger partial charge in [-0.15, -0.1) is 0 Å². The van der Waals surface area contributed by atoms with E-state index in [1.807, 2.05) is 61.5 Å². The molecule has 0 bridgehead atoms. The van der Waals surface area contributed by atoms with E-state index in [9.17, 15) is 10.0 Å². The van der Waals surface area contributed by atoms with Gasteiger partial charge in [-0.2, -0.15) is 0 Å². The zero-order valence-electron chi connectivity index (χ0n) is 10.2. The number of hydrogen-bond donors (Lipinski definition) is 2. The van der Waals surface area contributed by atoms with E-state index in [0.717, 1.165) is 16.7 Å². The molecule has 0 aromatic heterocycles. The fraction of sp³-hybridized carbons (Fsp3) is 0.0667. The first-order valence-electron chi connectivity index (χ1n) is 5.87. The van der Waals surface area contributed by atoms with Crippen molar-refractivity contribution >= 4 is 18.7 Å². The van der Waals surface area contributed by atoms with Crippen molar-refractivity contribution in [3.05, 3.63) is 71.3 Å². The molecule has 0 aliphatic carbocycles. The molecule has 0 aliphatic heterocycles. The van der Waals surface area contributed by atoms with Gasteiger partial charge in [0.1, 0.15) is 0 Å². The lowest BCUT2D eigenvalue weighted by atomic mass is 9.73. The summed E-state index contributed by atoms with van der Waals surface area (Å²) in [6.45, 7) is 1.95. The van der Waals surface area contributed by atoms with Crippen molar-refractivity contribution < 1.29 is 10.0 Å². The van der Waals surface area contributed by atoms with E-state index in [-0.39, 0.29) is 0 Å². The lowest BCUT2D eigenvalue weighted by Gasteiger charge is -2.10. The molecule has 18 heavy (non-hydrogen) atoms. The van der Waals surface area contributed by atoms with Gasteiger partial charge in [-0.05, 0) is 29.1 Å². The molecule has 90 valence electrons. The molecular weight excluding hydrogens is 223 g/mol. The van der Waals surface area contributed by atoms with Crippen LogP contribution in [0.5, 0.6) is 0 Å². The summed E-state index contributed by atoms with van der Waals surface area (Å²) in [6, 6.07) is 17.3. The Morgan fingerprint density at radius 2 is 1.56 bits per heavy atom. The Morgan fingerprint density at radius 1 is 0.944 bits per heavy atom. The SMILES string of the molecule is Cc1ccccc1/C(=C/c1ccccc1)B(O)O. The van der Waals surface area contributed by atoms with Gasteiger partial charge in [-0.25, -0.2) is 0 Å². The Balaban J connectivity index is 2.48. The third-order valence-electron chi connectivity index (χ3n) is 2.86. The molecule has 3 heteroatoms. The quantitative estimate of drug-likeness (QED) is 0.637. The number of benzene rings is 2. The lowest BCUT2D eigenvalue weighted by Crippen LogP contribution is -2.15. The Bertz CT molecular complexity index is 547. The minimum Gasteiger partial charge on any atom is -0.423 e. The number of aryl methyl sites for hydroxylation is 1. The van der Waals surface area contributed by atoms with Crippen molar-refractivity contribution in [2.75, 3.05) is 0 Å². The standard InChI is InChI=1S/C15H15BO2/c1-12-7-5-6-10-14(12)15(16(17)18)11-13-8-3-2-4-9-13/h2-11,17-18H,1H3/b15-11-. The van der Waals surface area contributed by atoms with Gasteiger partial charge in [-0.3, -0.25) is 0 Å². The van der Waals surface area contributed by atoms with Crippen molar-refractivity contribution in [2.45, 2.75) is 6.92 Å². The molecule has 0 spiro atoms. The van der Waals surface area contributed by atoms with Crippen LogP contribution in [0.4, 0.5) is 0 Å². The van der Waals surface area contributed by atoms with Crippen LogP contribution >= 0.6 is 0 Å². The third-order valence-corrected chi connectivity index (χ3v) is 2.86. The Morgan fingerprint density at radius 3 is 2.17 bits per heavy atom. The van der Waals surface area contributed by atoms with Gasteiger partial charge in [0.05, 0.1) is 0 Å². The molecule has 0 amide bonds. The second-order valence-corrected chi connectivity index (χ2v) is 4.20. The van der Waals surface area contributed by atoms with Crippen LogP contribution in [0.15, 0.2) is 54.6 Å². The summed E-state index contributed by atoms with van der Waals surface area (Å²) in [5, 5.41) is 19.1. The van der Waals surface area contributed by atoms with Gasteiger partial charge in [0.15, 0.2) is 0 Å². The zero-order chi connectivity index (χ0) is 13.0. The van der Waals surface area contributed by atoms with Gasteiger partial charge in [0, 0.05) is 0 Å². The highest BCUT2D eigenvalue weighted by atomic mass is 16.4. The van der Waals surface area contributed by atoms with E-state index < -0.39 is 7.12 Å². The van der Waals surface area contributed by atoms with Crippen molar-refractivity contribution in [2.24, 2.45) is 0 Å². The van der Waals surface area contributed by atoms with E-state index in [0.29, 0.717) is 5.47 Å². The molecule has 2 N–H and O–H groups in total. The summed E-state index contributed by atoms with van der Waals surface area (Å²) < 4.78 is 0. The zero-order valence-corrected chi connectivity index (χ0v) is 10.2. The lowest BCUT2D eigenvalue weighted by molar-refractivity contribution is 0.427. The molecule has 0 fully saturated rings. The summed E-state index contributed by atoms with van der Waals surface area (Å²) in [6.07, 6.45) is 1.80. The maximum Gasteiger partial charge on any atom is 0.489 e. The number of hydrogen-bond acceptors (Lipinski definition) is 2. The van der Waals surface area contributed by atoms with E-state index in [2.05, 4.69) is 0 Å². The molecule has 2 rings (SSSR count). The molecule has 0 heterocycles.